The molecule has 108 valence electrons. The first-order chi connectivity index (χ1) is 9.15. The second-order valence-corrected chi connectivity index (χ2v) is 4.55. The molecule has 0 saturated carbocycles. The Labute approximate surface area is 116 Å². The summed E-state index contributed by atoms with van der Waals surface area (Å²) in [5.41, 5.74) is 0. The molecule has 0 bridgehead atoms. The summed E-state index contributed by atoms with van der Waals surface area (Å²) < 4.78 is 4.71. The zero-order valence-electron chi connectivity index (χ0n) is 12.0. The molecule has 1 amide bonds. The van der Waals surface area contributed by atoms with Crippen LogP contribution >= 0.6 is 0 Å². The number of rotatable bonds is 10. The molecule has 0 rings (SSSR count). The predicted molar refractivity (Wildman–Crippen MR) is 75.4 cm³/mol. The molecule has 0 aromatic rings. The normalized spacial score (nSPS) is 11.4. The van der Waals surface area contributed by atoms with Crippen LogP contribution in [0.2, 0.25) is 0 Å². The molecule has 1 atom stereocenters. The fraction of sp³-hybridized carbons (Fsp3) is 0.733. The van der Waals surface area contributed by atoms with E-state index in [1.807, 2.05) is 0 Å². The topological polar surface area (TPSA) is 55.4 Å². The zero-order valence-corrected chi connectivity index (χ0v) is 12.0. The number of hydrogen-bond acceptors (Lipinski definition) is 3. The molecule has 4 nitrogen and oxygen atoms in total. The van der Waals surface area contributed by atoms with Crippen molar-refractivity contribution < 1.29 is 14.3 Å². The van der Waals surface area contributed by atoms with Crippen molar-refractivity contribution >= 4 is 11.9 Å². The van der Waals surface area contributed by atoms with Gasteiger partial charge in [-0.25, -0.2) is 4.79 Å². The Balaban J connectivity index is 4.08. The first kappa shape index (κ1) is 17.5. The summed E-state index contributed by atoms with van der Waals surface area (Å²) in [6, 6.07) is -0.528. The van der Waals surface area contributed by atoms with Gasteiger partial charge < -0.3 is 10.1 Å². The van der Waals surface area contributed by atoms with Crippen LogP contribution in [0, 0.1) is 12.3 Å². The lowest BCUT2D eigenvalue weighted by molar-refractivity contribution is -0.145. The fourth-order valence-corrected chi connectivity index (χ4v) is 1.78. The van der Waals surface area contributed by atoms with Gasteiger partial charge in [0.1, 0.15) is 6.04 Å². The van der Waals surface area contributed by atoms with E-state index in [0.717, 1.165) is 25.7 Å². The van der Waals surface area contributed by atoms with E-state index in [-0.39, 0.29) is 11.9 Å². The lowest BCUT2D eigenvalue weighted by Crippen LogP contribution is -2.41. The average Bonchev–Trinajstić information content (AvgIpc) is 2.41. The average molecular weight is 267 g/mol. The number of nitrogens with one attached hydrogen (secondary N) is 1. The Hall–Kier alpha value is -1.50. The molecule has 0 spiro atoms. The highest BCUT2D eigenvalue weighted by atomic mass is 16.5. The van der Waals surface area contributed by atoms with Crippen molar-refractivity contribution in [1.29, 1.82) is 0 Å². The van der Waals surface area contributed by atoms with E-state index in [1.165, 1.54) is 7.11 Å². The fourth-order valence-electron chi connectivity index (χ4n) is 1.78. The van der Waals surface area contributed by atoms with Crippen molar-refractivity contribution in [2.75, 3.05) is 7.11 Å². The van der Waals surface area contributed by atoms with Gasteiger partial charge >= 0.3 is 5.97 Å². The number of carbonyl (C=O) groups is 2. The molecule has 0 aromatic heterocycles. The van der Waals surface area contributed by atoms with Gasteiger partial charge in [-0.3, -0.25) is 4.79 Å². The van der Waals surface area contributed by atoms with Gasteiger partial charge in [-0.1, -0.05) is 32.6 Å². The summed E-state index contributed by atoms with van der Waals surface area (Å²) in [6.45, 7) is 2.13. The van der Waals surface area contributed by atoms with E-state index >= 15 is 0 Å². The maximum absolute atomic E-state index is 11.7. The first-order valence-corrected chi connectivity index (χ1v) is 6.96. The first-order valence-electron chi connectivity index (χ1n) is 6.96. The van der Waals surface area contributed by atoms with Gasteiger partial charge in [0, 0.05) is 12.8 Å². The molecular weight excluding hydrogens is 242 g/mol. The number of methoxy groups -OCH3 is 1. The van der Waals surface area contributed by atoms with Gasteiger partial charge in [0.15, 0.2) is 0 Å². The minimum Gasteiger partial charge on any atom is -0.467 e. The highest BCUT2D eigenvalue weighted by molar-refractivity contribution is 5.84. The largest absolute Gasteiger partial charge is 0.467 e. The molecule has 0 aliphatic rings. The molecule has 0 heterocycles. The van der Waals surface area contributed by atoms with Crippen molar-refractivity contribution in [3.8, 4) is 12.3 Å². The van der Waals surface area contributed by atoms with Crippen molar-refractivity contribution in [2.45, 2.75) is 64.3 Å². The number of carbonyl (C=O) groups excluding carboxylic acids is 2. The quantitative estimate of drug-likeness (QED) is 0.376. The number of esters is 1. The third kappa shape index (κ3) is 9.12. The molecule has 0 saturated heterocycles. The SMILES string of the molecule is C#CCCCC(=O)NC(CCCCCC)C(=O)OC. The van der Waals surface area contributed by atoms with Gasteiger partial charge in [-0.2, -0.15) is 0 Å². The Morgan fingerprint density at radius 3 is 2.58 bits per heavy atom. The van der Waals surface area contributed by atoms with Gasteiger partial charge in [-0.05, 0) is 12.8 Å². The third-order valence-electron chi connectivity index (χ3n) is 2.89. The number of terminal acetylenes is 1. The van der Waals surface area contributed by atoms with Crippen LogP contribution in [-0.2, 0) is 14.3 Å². The van der Waals surface area contributed by atoms with Crippen LogP contribution in [0.3, 0.4) is 0 Å². The standard InChI is InChI=1S/C15H25NO3/c1-4-6-8-10-11-13(15(18)19-3)16-14(17)12-9-7-5-2/h2,13H,4,6-12H2,1,3H3,(H,16,17). The molecule has 0 fully saturated rings. The van der Waals surface area contributed by atoms with E-state index in [1.54, 1.807) is 0 Å². The van der Waals surface area contributed by atoms with Crippen LogP contribution in [0.5, 0.6) is 0 Å². The van der Waals surface area contributed by atoms with E-state index in [2.05, 4.69) is 18.2 Å². The van der Waals surface area contributed by atoms with Crippen molar-refractivity contribution in [3.63, 3.8) is 0 Å². The minimum absolute atomic E-state index is 0.138. The summed E-state index contributed by atoms with van der Waals surface area (Å²) in [5, 5.41) is 2.72. The number of unbranched alkanes of at least 4 members (excludes halogenated alkanes) is 4. The molecule has 0 aliphatic carbocycles. The summed E-state index contributed by atoms with van der Waals surface area (Å²) in [6.07, 6.45) is 11.6. The van der Waals surface area contributed by atoms with Crippen LogP contribution in [0.25, 0.3) is 0 Å². The second kappa shape index (κ2) is 11.6. The van der Waals surface area contributed by atoms with Crippen LogP contribution in [0.1, 0.15) is 58.3 Å². The third-order valence-corrected chi connectivity index (χ3v) is 2.89. The lowest BCUT2D eigenvalue weighted by Gasteiger charge is -2.16. The lowest BCUT2D eigenvalue weighted by atomic mass is 10.1. The summed E-state index contributed by atoms with van der Waals surface area (Å²) >= 11 is 0. The van der Waals surface area contributed by atoms with Crippen molar-refractivity contribution in [1.82, 2.24) is 5.32 Å². The van der Waals surface area contributed by atoms with E-state index in [0.29, 0.717) is 25.7 Å². The Morgan fingerprint density at radius 2 is 2.00 bits per heavy atom. The molecular formula is C15H25NO3. The van der Waals surface area contributed by atoms with Crippen LogP contribution in [0.4, 0.5) is 0 Å². The molecule has 0 aromatic carbocycles. The Bertz CT molecular complexity index is 307. The maximum atomic E-state index is 11.7. The van der Waals surface area contributed by atoms with Gasteiger partial charge in [0.25, 0.3) is 0 Å². The monoisotopic (exact) mass is 267 g/mol. The predicted octanol–water partition coefficient (Wildman–Crippen LogP) is 2.42. The number of hydrogen-bond donors (Lipinski definition) is 1. The van der Waals surface area contributed by atoms with Crippen molar-refractivity contribution in [2.24, 2.45) is 0 Å². The number of ether oxygens (including phenoxy) is 1. The van der Waals surface area contributed by atoms with Gasteiger partial charge in [0.2, 0.25) is 5.91 Å². The molecule has 4 heteroatoms. The maximum Gasteiger partial charge on any atom is 0.328 e. The van der Waals surface area contributed by atoms with Gasteiger partial charge in [-0.15, -0.1) is 12.3 Å². The van der Waals surface area contributed by atoms with Crippen LogP contribution < -0.4 is 5.32 Å². The molecule has 1 N–H and O–H groups in total. The minimum atomic E-state index is -0.528. The van der Waals surface area contributed by atoms with E-state index < -0.39 is 6.04 Å². The van der Waals surface area contributed by atoms with Crippen LogP contribution in [-0.4, -0.2) is 25.0 Å². The summed E-state index contributed by atoms with van der Waals surface area (Å²) in [5.74, 6) is 1.98. The second-order valence-electron chi connectivity index (χ2n) is 4.55. The molecule has 19 heavy (non-hydrogen) atoms. The molecule has 0 radical (unpaired) electrons. The number of amides is 1. The van der Waals surface area contributed by atoms with E-state index in [9.17, 15) is 9.59 Å². The summed E-state index contributed by atoms with van der Waals surface area (Å²) in [4.78, 5) is 23.2. The molecule has 0 aliphatic heterocycles. The van der Waals surface area contributed by atoms with Gasteiger partial charge in [0.05, 0.1) is 7.11 Å². The Kier molecular flexibility index (Phi) is 10.7. The zero-order chi connectivity index (χ0) is 14.5. The highest BCUT2D eigenvalue weighted by Gasteiger charge is 2.20. The Morgan fingerprint density at radius 1 is 1.26 bits per heavy atom. The highest BCUT2D eigenvalue weighted by Crippen LogP contribution is 2.07. The summed E-state index contributed by atoms with van der Waals surface area (Å²) in [7, 11) is 1.34. The van der Waals surface area contributed by atoms with E-state index in [4.69, 9.17) is 11.2 Å². The molecule has 1 unspecified atom stereocenters. The van der Waals surface area contributed by atoms with Crippen LogP contribution in [0.15, 0.2) is 0 Å². The van der Waals surface area contributed by atoms with Crippen molar-refractivity contribution in [3.05, 3.63) is 0 Å². The smallest absolute Gasteiger partial charge is 0.328 e.